The Kier molecular flexibility index (Phi) is 5.38. The van der Waals surface area contributed by atoms with E-state index < -0.39 is 6.10 Å². The van der Waals surface area contributed by atoms with Crippen LogP contribution in [0.1, 0.15) is 28.4 Å². The van der Waals surface area contributed by atoms with Gasteiger partial charge in [0.2, 0.25) is 0 Å². The molecule has 178 valence electrons. The molecule has 36 heavy (non-hydrogen) atoms. The minimum Gasteiger partial charge on any atom is -0.389 e. The van der Waals surface area contributed by atoms with E-state index in [2.05, 4.69) is 20.3 Å². The second kappa shape index (κ2) is 8.86. The topological polar surface area (TPSA) is 132 Å². The highest BCUT2D eigenvalue weighted by molar-refractivity contribution is 6.05. The molecular weight excluding hydrogens is 454 g/mol. The number of nitrogens with two attached hydrogens (primary N) is 1. The third-order valence-electron chi connectivity index (χ3n) is 6.43. The van der Waals surface area contributed by atoms with Gasteiger partial charge in [-0.3, -0.25) is 9.78 Å². The number of pyridine rings is 1. The van der Waals surface area contributed by atoms with Crippen molar-refractivity contribution in [2.45, 2.75) is 25.1 Å². The summed E-state index contributed by atoms with van der Waals surface area (Å²) in [4.78, 5) is 25.8. The van der Waals surface area contributed by atoms with Gasteiger partial charge in [0.15, 0.2) is 5.65 Å². The monoisotopic (exact) mass is 477 g/mol. The summed E-state index contributed by atoms with van der Waals surface area (Å²) in [5.41, 5.74) is 10.5. The van der Waals surface area contributed by atoms with Crippen LogP contribution in [0.2, 0.25) is 0 Å². The number of amides is 1. The fourth-order valence-corrected chi connectivity index (χ4v) is 4.62. The van der Waals surface area contributed by atoms with Gasteiger partial charge >= 0.3 is 0 Å². The third-order valence-corrected chi connectivity index (χ3v) is 6.43. The highest BCUT2D eigenvalue weighted by Crippen LogP contribution is 2.34. The lowest BCUT2D eigenvalue weighted by Crippen LogP contribution is -2.23. The van der Waals surface area contributed by atoms with Crippen LogP contribution in [0.15, 0.2) is 79.3 Å². The van der Waals surface area contributed by atoms with Crippen molar-refractivity contribution in [1.29, 1.82) is 0 Å². The fraction of sp³-hybridized carbons (Fsp3) is 0.148. The van der Waals surface area contributed by atoms with Crippen LogP contribution >= 0.6 is 0 Å². The number of carbonyl (C=O) groups is 1. The van der Waals surface area contributed by atoms with Gasteiger partial charge in [0, 0.05) is 30.1 Å². The zero-order valence-corrected chi connectivity index (χ0v) is 19.2. The summed E-state index contributed by atoms with van der Waals surface area (Å²) in [6.45, 7) is 0.369. The van der Waals surface area contributed by atoms with Crippen molar-refractivity contribution >= 4 is 33.7 Å². The van der Waals surface area contributed by atoms with E-state index in [-0.39, 0.29) is 11.9 Å². The molecule has 0 saturated carbocycles. The zero-order chi connectivity index (χ0) is 24.6. The minimum absolute atomic E-state index is 0.108. The Hall–Kier alpha value is -4.63. The molecular formula is C27H23N7O2. The summed E-state index contributed by atoms with van der Waals surface area (Å²) in [7, 11) is 0. The van der Waals surface area contributed by atoms with Gasteiger partial charge < -0.3 is 16.2 Å². The summed E-state index contributed by atoms with van der Waals surface area (Å²) in [5.74, 6) is 0.175. The number of nitrogens with zero attached hydrogens (tertiary/aromatic N) is 5. The SMILES string of the molecule is Nc1ncnc2c1c(-c1ccc(CNC(=O)c3cccc4cccnc34)cc1)nn2C1C=CC(O)C1. The summed E-state index contributed by atoms with van der Waals surface area (Å²) < 4.78 is 1.79. The molecule has 2 aromatic carbocycles. The second-order valence-electron chi connectivity index (χ2n) is 8.77. The Morgan fingerprint density at radius 2 is 1.89 bits per heavy atom. The number of rotatable bonds is 5. The van der Waals surface area contributed by atoms with Crippen LogP contribution in [-0.4, -0.2) is 41.9 Å². The maximum atomic E-state index is 12.8. The van der Waals surface area contributed by atoms with Crippen LogP contribution in [0.25, 0.3) is 33.2 Å². The zero-order valence-electron chi connectivity index (χ0n) is 19.2. The number of hydrogen-bond acceptors (Lipinski definition) is 7. The lowest BCUT2D eigenvalue weighted by Gasteiger charge is -2.10. The summed E-state index contributed by atoms with van der Waals surface area (Å²) >= 11 is 0. The lowest BCUT2D eigenvalue weighted by molar-refractivity contribution is 0.0952. The van der Waals surface area contributed by atoms with E-state index in [9.17, 15) is 9.90 Å². The number of carbonyl (C=O) groups excluding carboxylic acids is 1. The van der Waals surface area contributed by atoms with Crippen LogP contribution in [0.3, 0.4) is 0 Å². The van der Waals surface area contributed by atoms with Crippen LogP contribution in [0.4, 0.5) is 5.82 Å². The normalized spacial score (nSPS) is 17.1. The number of hydrogen-bond donors (Lipinski definition) is 3. The molecule has 0 fully saturated rings. The lowest BCUT2D eigenvalue weighted by atomic mass is 10.1. The highest BCUT2D eigenvalue weighted by atomic mass is 16.3. The molecule has 9 nitrogen and oxygen atoms in total. The number of aromatic nitrogens is 5. The maximum Gasteiger partial charge on any atom is 0.253 e. The van der Waals surface area contributed by atoms with E-state index in [4.69, 9.17) is 10.8 Å². The molecule has 3 aromatic heterocycles. The molecule has 0 saturated heterocycles. The van der Waals surface area contributed by atoms with Gasteiger partial charge in [-0.15, -0.1) is 0 Å². The Labute approximate surface area is 206 Å². The van der Waals surface area contributed by atoms with Crippen molar-refractivity contribution in [2.75, 3.05) is 5.73 Å². The Morgan fingerprint density at radius 3 is 2.69 bits per heavy atom. The molecule has 9 heteroatoms. The molecule has 5 aromatic rings. The number of nitrogen functional groups attached to an aromatic ring is 1. The minimum atomic E-state index is -0.504. The number of allylic oxidation sites excluding steroid dienone is 1. The second-order valence-corrected chi connectivity index (χ2v) is 8.77. The predicted molar refractivity (Wildman–Crippen MR) is 137 cm³/mol. The number of aliphatic hydroxyl groups excluding tert-OH is 1. The molecule has 1 amide bonds. The first-order valence-corrected chi connectivity index (χ1v) is 11.6. The highest BCUT2D eigenvalue weighted by Gasteiger charge is 2.25. The maximum absolute atomic E-state index is 12.8. The first-order chi connectivity index (χ1) is 17.6. The predicted octanol–water partition coefficient (Wildman–Crippen LogP) is 3.42. The standard InChI is InChI=1S/C27H23N7O2/c28-25-22-24(33-34(26(22)32-15-31-25)19-10-11-20(35)13-19)18-8-6-16(7-9-18)14-30-27(36)21-5-1-3-17-4-2-12-29-23(17)21/h1-12,15,19-20,35H,13-14H2,(H,30,36)(H2,28,31,32). The van der Waals surface area contributed by atoms with Gasteiger partial charge in [-0.2, -0.15) is 5.10 Å². The average molecular weight is 478 g/mol. The van der Waals surface area contributed by atoms with Crippen molar-refractivity contribution in [3.63, 3.8) is 0 Å². The molecule has 0 bridgehead atoms. The van der Waals surface area contributed by atoms with Crippen LogP contribution in [0.5, 0.6) is 0 Å². The van der Waals surface area contributed by atoms with Crippen molar-refractivity contribution < 1.29 is 9.90 Å². The van der Waals surface area contributed by atoms with E-state index in [1.54, 1.807) is 23.0 Å². The third kappa shape index (κ3) is 3.85. The first-order valence-electron chi connectivity index (χ1n) is 11.6. The average Bonchev–Trinajstić information content (AvgIpc) is 3.51. The van der Waals surface area contributed by atoms with Gasteiger partial charge in [0.1, 0.15) is 17.8 Å². The fourth-order valence-electron chi connectivity index (χ4n) is 4.62. The smallest absolute Gasteiger partial charge is 0.253 e. The van der Waals surface area contributed by atoms with Crippen molar-refractivity contribution in [3.8, 4) is 11.3 Å². The van der Waals surface area contributed by atoms with E-state index in [0.29, 0.717) is 46.6 Å². The Morgan fingerprint density at radius 1 is 1.06 bits per heavy atom. The van der Waals surface area contributed by atoms with Crippen molar-refractivity contribution in [3.05, 3.63) is 90.4 Å². The summed E-state index contributed by atoms with van der Waals surface area (Å²) in [6, 6.07) is 17.0. The number of aliphatic hydroxyl groups is 1. The molecule has 0 spiro atoms. The number of nitrogens with one attached hydrogen (secondary N) is 1. The van der Waals surface area contributed by atoms with Gasteiger partial charge in [-0.25, -0.2) is 14.6 Å². The number of benzene rings is 2. The van der Waals surface area contributed by atoms with Gasteiger partial charge in [0.25, 0.3) is 5.91 Å². The summed E-state index contributed by atoms with van der Waals surface area (Å²) in [5, 5.41) is 19.3. The Balaban J connectivity index is 1.25. The molecule has 1 aliphatic carbocycles. The van der Waals surface area contributed by atoms with Gasteiger partial charge in [-0.05, 0) is 17.7 Å². The van der Waals surface area contributed by atoms with Crippen molar-refractivity contribution in [1.82, 2.24) is 30.0 Å². The molecule has 1 aliphatic rings. The molecule has 0 radical (unpaired) electrons. The first kappa shape index (κ1) is 21.9. The number of anilines is 1. The molecule has 3 heterocycles. The van der Waals surface area contributed by atoms with Gasteiger partial charge in [0.05, 0.1) is 28.6 Å². The van der Waals surface area contributed by atoms with Crippen LogP contribution < -0.4 is 11.1 Å². The van der Waals surface area contributed by atoms with Gasteiger partial charge in [-0.1, -0.05) is 54.6 Å². The largest absolute Gasteiger partial charge is 0.389 e. The molecule has 4 N–H and O–H groups in total. The van der Waals surface area contributed by atoms with Crippen LogP contribution in [-0.2, 0) is 6.54 Å². The van der Waals surface area contributed by atoms with E-state index in [1.165, 1.54) is 6.33 Å². The molecule has 6 rings (SSSR count). The molecule has 2 unspecified atom stereocenters. The summed E-state index contributed by atoms with van der Waals surface area (Å²) in [6.07, 6.45) is 6.83. The number of para-hydroxylation sites is 1. The van der Waals surface area contributed by atoms with Crippen molar-refractivity contribution in [2.24, 2.45) is 0 Å². The van der Waals surface area contributed by atoms with Crippen LogP contribution in [0, 0.1) is 0 Å². The number of fused-ring (bicyclic) bond motifs is 2. The quantitative estimate of drug-likeness (QED) is 0.331. The molecule has 2 atom stereocenters. The van der Waals surface area contributed by atoms with E-state index in [0.717, 1.165) is 16.5 Å². The molecule has 0 aliphatic heterocycles. The van der Waals surface area contributed by atoms with E-state index in [1.807, 2.05) is 54.6 Å². The van der Waals surface area contributed by atoms with E-state index >= 15 is 0 Å². The Bertz CT molecular complexity index is 1620.